The van der Waals surface area contributed by atoms with Crippen LogP contribution in [0, 0.1) is 0 Å². The molecule has 0 unspecified atom stereocenters. The fraction of sp³-hybridized carbons (Fsp3) is 0.211. The van der Waals surface area contributed by atoms with Crippen molar-refractivity contribution in [2.24, 2.45) is 7.05 Å². The number of rotatable bonds is 2. The Balaban J connectivity index is 1.71. The number of hydrogen-bond acceptors (Lipinski definition) is 3. The van der Waals surface area contributed by atoms with E-state index in [2.05, 4.69) is 23.1 Å². The van der Waals surface area contributed by atoms with Gasteiger partial charge in [0.25, 0.3) is 5.91 Å². The standard InChI is InChI=1S/C19H18N4O/c1-13-7-14-5-3-4-6-18(14)23(13)19(24)16-8-15(9-20-10-16)17-11-21-22(2)12-17/h3-6,8-13H,7H2,1-2H3/t13-/m0/s1. The van der Waals surface area contributed by atoms with E-state index in [-0.39, 0.29) is 11.9 Å². The zero-order chi connectivity index (χ0) is 16.7. The highest BCUT2D eigenvalue weighted by atomic mass is 16.2. The summed E-state index contributed by atoms with van der Waals surface area (Å²) < 4.78 is 1.74. The normalized spacial score (nSPS) is 16.2. The van der Waals surface area contributed by atoms with Crippen molar-refractivity contribution in [1.29, 1.82) is 0 Å². The Morgan fingerprint density at radius 1 is 1.17 bits per heavy atom. The molecule has 0 bridgehead atoms. The molecule has 4 rings (SSSR count). The minimum absolute atomic E-state index is 0.00862. The summed E-state index contributed by atoms with van der Waals surface area (Å²) in [6.45, 7) is 2.08. The number of aryl methyl sites for hydroxylation is 1. The highest BCUT2D eigenvalue weighted by molar-refractivity contribution is 6.08. The van der Waals surface area contributed by atoms with Crippen molar-refractivity contribution in [3.05, 3.63) is 66.2 Å². The molecule has 120 valence electrons. The number of para-hydroxylation sites is 1. The van der Waals surface area contributed by atoms with E-state index in [1.165, 1.54) is 5.56 Å². The summed E-state index contributed by atoms with van der Waals surface area (Å²) in [6.07, 6.45) is 7.97. The number of carbonyl (C=O) groups is 1. The van der Waals surface area contributed by atoms with E-state index in [1.54, 1.807) is 23.3 Å². The van der Waals surface area contributed by atoms with E-state index in [0.29, 0.717) is 5.56 Å². The van der Waals surface area contributed by atoms with E-state index in [4.69, 9.17) is 0 Å². The number of fused-ring (bicyclic) bond motifs is 1. The van der Waals surface area contributed by atoms with Crippen molar-refractivity contribution < 1.29 is 4.79 Å². The zero-order valence-corrected chi connectivity index (χ0v) is 13.7. The SMILES string of the molecule is C[C@H]1Cc2ccccc2N1C(=O)c1cncc(-c2cnn(C)c2)c1. The van der Waals surface area contributed by atoms with Crippen LogP contribution in [0.2, 0.25) is 0 Å². The van der Waals surface area contributed by atoms with Crippen molar-refractivity contribution >= 4 is 11.6 Å². The quantitative estimate of drug-likeness (QED) is 0.729. The van der Waals surface area contributed by atoms with Crippen molar-refractivity contribution in [1.82, 2.24) is 14.8 Å². The Kier molecular flexibility index (Phi) is 3.41. The second-order valence-electron chi connectivity index (χ2n) is 6.22. The summed E-state index contributed by atoms with van der Waals surface area (Å²) in [5.41, 5.74) is 4.67. The lowest BCUT2D eigenvalue weighted by Crippen LogP contribution is -2.35. The molecule has 1 aliphatic heterocycles. The van der Waals surface area contributed by atoms with Gasteiger partial charge in [0.15, 0.2) is 0 Å². The van der Waals surface area contributed by atoms with E-state index in [1.807, 2.05) is 42.4 Å². The molecule has 1 aliphatic rings. The van der Waals surface area contributed by atoms with Crippen LogP contribution in [-0.2, 0) is 13.5 Å². The predicted octanol–water partition coefficient (Wildman–Crippen LogP) is 3.07. The van der Waals surface area contributed by atoms with E-state index >= 15 is 0 Å². The van der Waals surface area contributed by atoms with Crippen LogP contribution in [0.3, 0.4) is 0 Å². The first kappa shape index (κ1) is 14.6. The first-order chi connectivity index (χ1) is 11.6. The summed E-state index contributed by atoms with van der Waals surface area (Å²) >= 11 is 0. The van der Waals surface area contributed by atoms with Crippen LogP contribution in [-0.4, -0.2) is 26.7 Å². The fourth-order valence-corrected chi connectivity index (χ4v) is 3.30. The molecule has 0 saturated carbocycles. The molecule has 1 aromatic carbocycles. The van der Waals surface area contributed by atoms with Crippen molar-refractivity contribution in [2.45, 2.75) is 19.4 Å². The van der Waals surface area contributed by atoms with E-state index < -0.39 is 0 Å². The van der Waals surface area contributed by atoms with Crippen molar-refractivity contribution in [3.8, 4) is 11.1 Å². The molecular weight excluding hydrogens is 300 g/mol. The summed E-state index contributed by atoms with van der Waals surface area (Å²) in [4.78, 5) is 19.2. The molecule has 0 aliphatic carbocycles. The molecule has 5 nitrogen and oxygen atoms in total. The minimum atomic E-state index is -0.00862. The fourth-order valence-electron chi connectivity index (χ4n) is 3.30. The third kappa shape index (κ3) is 2.38. The summed E-state index contributed by atoms with van der Waals surface area (Å²) in [5, 5.41) is 4.18. The van der Waals surface area contributed by atoms with Crippen LogP contribution in [0.15, 0.2) is 55.1 Å². The lowest BCUT2D eigenvalue weighted by molar-refractivity contribution is 0.0981. The van der Waals surface area contributed by atoms with Gasteiger partial charge in [-0.1, -0.05) is 18.2 Å². The third-order valence-corrected chi connectivity index (χ3v) is 4.45. The highest BCUT2D eigenvalue weighted by Crippen LogP contribution is 2.33. The van der Waals surface area contributed by atoms with E-state index in [9.17, 15) is 4.79 Å². The molecule has 2 aromatic heterocycles. The maximum Gasteiger partial charge on any atom is 0.260 e. The number of anilines is 1. The summed E-state index contributed by atoms with van der Waals surface area (Å²) in [7, 11) is 1.87. The number of pyridine rings is 1. The zero-order valence-electron chi connectivity index (χ0n) is 13.7. The number of amides is 1. The largest absolute Gasteiger partial charge is 0.305 e. The first-order valence-corrected chi connectivity index (χ1v) is 7.99. The Bertz CT molecular complexity index is 915. The van der Waals surface area contributed by atoms with Crippen LogP contribution in [0.25, 0.3) is 11.1 Å². The molecule has 0 saturated heterocycles. The molecule has 1 amide bonds. The molecule has 0 radical (unpaired) electrons. The van der Waals surface area contributed by atoms with Gasteiger partial charge >= 0.3 is 0 Å². The Hall–Kier alpha value is -2.95. The van der Waals surface area contributed by atoms with Crippen molar-refractivity contribution in [3.63, 3.8) is 0 Å². The van der Waals surface area contributed by atoms with Crippen LogP contribution >= 0.6 is 0 Å². The number of benzene rings is 1. The van der Waals surface area contributed by atoms with Gasteiger partial charge in [-0.15, -0.1) is 0 Å². The van der Waals surface area contributed by atoms with Gasteiger partial charge in [-0.05, 0) is 31.0 Å². The molecule has 0 N–H and O–H groups in total. The maximum atomic E-state index is 13.1. The molecule has 5 heteroatoms. The van der Waals surface area contributed by atoms with Crippen LogP contribution in [0.4, 0.5) is 5.69 Å². The van der Waals surface area contributed by atoms with Gasteiger partial charge in [-0.25, -0.2) is 0 Å². The van der Waals surface area contributed by atoms with Crippen molar-refractivity contribution in [2.75, 3.05) is 4.90 Å². The van der Waals surface area contributed by atoms with Gasteiger partial charge in [0.2, 0.25) is 0 Å². The monoisotopic (exact) mass is 318 g/mol. The second kappa shape index (κ2) is 5.60. The Morgan fingerprint density at radius 2 is 2.00 bits per heavy atom. The smallest absolute Gasteiger partial charge is 0.260 e. The number of hydrogen-bond donors (Lipinski definition) is 0. The lowest BCUT2D eigenvalue weighted by atomic mass is 10.1. The van der Waals surface area contributed by atoms with Gasteiger partial charge in [-0.3, -0.25) is 14.5 Å². The van der Waals surface area contributed by atoms with Gasteiger partial charge in [0.05, 0.1) is 11.8 Å². The predicted molar refractivity (Wildman–Crippen MR) is 92.9 cm³/mol. The van der Waals surface area contributed by atoms with Gasteiger partial charge in [0.1, 0.15) is 0 Å². The second-order valence-corrected chi connectivity index (χ2v) is 6.22. The average molecular weight is 318 g/mol. The Morgan fingerprint density at radius 3 is 2.79 bits per heavy atom. The molecule has 0 fully saturated rings. The molecule has 3 heterocycles. The van der Waals surface area contributed by atoms with Crippen LogP contribution in [0.5, 0.6) is 0 Å². The molecule has 3 aromatic rings. The topological polar surface area (TPSA) is 51.0 Å². The number of nitrogens with zero attached hydrogens (tertiary/aromatic N) is 4. The van der Waals surface area contributed by atoms with Crippen LogP contribution < -0.4 is 4.90 Å². The first-order valence-electron chi connectivity index (χ1n) is 7.99. The highest BCUT2D eigenvalue weighted by Gasteiger charge is 2.31. The van der Waals surface area contributed by atoms with Crippen LogP contribution in [0.1, 0.15) is 22.8 Å². The Labute approximate surface area is 140 Å². The van der Waals surface area contributed by atoms with Gasteiger partial charge in [-0.2, -0.15) is 5.10 Å². The average Bonchev–Trinajstić information content (AvgIpc) is 3.17. The lowest BCUT2D eigenvalue weighted by Gasteiger charge is -2.22. The van der Waals surface area contributed by atoms with Gasteiger partial charge < -0.3 is 4.90 Å². The molecule has 0 spiro atoms. The summed E-state index contributed by atoms with van der Waals surface area (Å²) in [6, 6.07) is 10.1. The maximum absolute atomic E-state index is 13.1. The number of carbonyl (C=O) groups excluding carboxylic acids is 1. The van der Waals surface area contributed by atoms with E-state index in [0.717, 1.165) is 23.2 Å². The van der Waals surface area contributed by atoms with Gasteiger partial charge in [0, 0.05) is 48.5 Å². The number of aromatic nitrogens is 3. The molecule has 24 heavy (non-hydrogen) atoms. The molecule has 1 atom stereocenters. The third-order valence-electron chi connectivity index (χ3n) is 4.45. The summed E-state index contributed by atoms with van der Waals surface area (Å²) in [5.74, 6) is -0.00862. The minimum Gasteiger partial charge on any atom is -0.305 e. The molecular formula is C19H18N4O.